The number of carbonyl (C=O) groups excluding carboxylic acids is 2. The summed E-state index contributed by atoms with van der Waals surface area (Å²) in [4.78, 5) is 25.5. The molecular weight excluding hydrogens is 428 g/mol. The summed E-state index contributed by atoms with van der Waals surface area (Å²) in [7, 11) is -2.72. The molecule has 1 unspecified atom stereocenters. The Kier molecular flexibility index (Phi) is 6.84. The van der Waals surface area contributed by atoms with Crippen molar-refractivity contribution in [2.75, 3.05) is 7.11 Å². The highest BCUT2D eigenvalue weighted by Gasteiger charge is 2.28. The van der Waals surface area contributed by atoms with E-state index in [-0.39, 0.29) is 10.5 Å². The normalized spacial score (nSPS) is 12.2. The predicted octanol–water partition coefficient (Wildman–Crippen LogP) is 3.49. The summed E-state index contributed by atoms with van der Waals surface area (Å²) in [5.74, 6) is -1.21. The Bertz CT molecular complexity index is 1230. The molecule has 0 fully saturated rings. The molecule has 0 aliphatic heterocycles. The highest BCUT2D eigenvalue weighted by Crippen LogP contribution is 2.25. The lowest BCUT2D eigenvalue weighted by atomic mass is 10.1. The molecule has 2 aromatic carbocycles. The average molecular weight is 455 g/mol. The molecule has 32 heavy (non-hydrogen) atoms. The fourth-order valence-corrected chi connectivity index (χ4v) is 4.66. The van der Waals surface area contributed by atoms with Crippen LogP contribution in [-0.2, 0) is 26.0 Å². The quantitative estimate of drug-likeness (QED) is 0.552. The van der Waals surface area contributed by atoms with Gasteiger partial charge in [0.25, 0.3) is 15.9 Å². The van der Waals surface area contributed by atoms with Crippen molar-refractivity contribution in [2.24, 2.45) is 0 Å². The van der Waals surface area contributed by atoms with Crippen molar-refractivity contribution in [2.45, 2.75) is 38.1 Å². The first-order chi connectivity index (χ1) is 15.1. The van der Waals surface area contributed by atoms with Crippen LogP contribution in [0.1, 0.15) is 38.9 Å². The average Bonchev–Trinajstić information content (AvgIpc) is 3.06. The van der Waals surface area contributed by atoms with E-state index in [9.17, 15) is 18.0 Å². The largest absolute Gasteiger partial charge is 0.467 e. The van der Waals surface area contributed by atoms with Crippen LogP contribution in [0.5, 0.6) is 0 Å². The third-order valence-corrected chi connectivity index (χ3v) is 6.69. The zero-order valence-corrected chi connectivity index (χ0v) is 19.3. The van der Waals surface area contributed by atoms with Crippen LogP contribution >= 0.6 is 0 Å². The maximum atomic E-state index is 12.9. The van der Waals surface area contributed by atoms with E-state index in [1.54, 1.807) is 36.6 Å². The molecule has 1 amide bonds. The molecule has 168 valence electrons. The van der Waals surface area contributed by atoms with Gasteiger partial charge in [-0.1, -0.05) is 48.0 Å². The molecule has 0 bridgehead atoms. The first-order valence-electron chi connectivity index (χ1n) is 10.1. The van der Waals surface area contributed by atoms with Crippen LogP contribution in [0.3, 0.4) is 0 Å². The second-order valence-electron chi connectivity index (χ2n) is 7.63. The topological polar surface area (TPSA) is 94.5 Å². The number of hydrogen-bond acceptors (Lipinski definition) is 5. The van der Waals surface area contributed by atoms with Crippen LogP contribution in [0.15, 0.2) is 65.6 Å². The molecule has 3 rings (SSSR count). The summed E-state index contributed by atoms with van der Waals surface area (Å²) in [5.41, 5.74) is 3.15. The van der Waals surface area contributed by atoms with Gasteiger partial charge in [0.15, 0.2) is 0 Å². The lowest BCUT2D eigenvalue weighted by Gasteiger charge is -2.21. The maximum Gasteiger partial charge on any atom is 0.329 e. The Morgan fingerprint density at radius 3 is 2.22 bits per heavy atom. The molecule has 0 saturated carbocycles. The minimum atomic E-state index is -4.03. The van der Waals surface area contributed by atoms with Gasteiger partial charge < -0.3 is 9.30 Å². The molecule has 3 aromatic rings. The SMILES string of the molecule is COC(=O)C(Cc1ccccc1)n1c(C)cc(C(=O)NS(=O)(=O)c2ccc(C)cc2)c1C. The Balaban J connectivity index is 1.93. The zero-order chi connectivity index (χ0) is 23.5. The fraction of sp³-hybridized carbons (Fsp3) is 0.250. The number of aryl methyl sites for hydroxylation is 2. The first kappa shape index (κ1) is 23.3. The number of nitrogens with zero attached hydrogens (tertiary/aromatic N) is 1. The molecule has 0 radical (unpaired) electrons. The maximum absolute atomic E-state index is 12.9. The summed E-state index contributed by atoms with van der Waals surface area (Å²) in [5, 5.41) is 0. The molecule has 7 nitrogen and oxygen atoms in total. The monoisotopic (exact) mass is 454 g/mol. The van der Waals surface area contributed by atoms with Gasteiger partial charge in [-0.05, 0) is 44.5 Å². The molecule has 1 N–H and O–H groups in total. The van der Waals surface area contributed by atoms with Crippen LogP contribution in [-0.4, -0.2) is 32.0 Å². The minimum Gasteiger partial charge on any atom is -0.467 e. The number of rotatable bonds is 7. The smallest absolute Gasteiger partial charge is 0.329 e. The van der Waals surface area contributed by atoms with Crippen molar-refractivity contribution in [1.82, 2.24) is 9.29 Å². The molecule has 0 saturated heterocycles. The van der Waals surface area contributed by atoms with Gasteiger partial charge in [0.1, 0.15) is 6.04 Å². The summed E-state index contributed by atoms with van der Waals surface area (Å²) in [6, 6.07) is 16.6. The van der Waals surface area contributed by atoms with Gasteiger partial charge in [0.2, 0.25) is 0 Å². The summed E-state index contributed by atoms with van der Waals surface area (Å²) in [6.45, 7) is 5.29. The van der Waals surface area contributed by atoms with Crippen molar-refractivity contribution >= 4 is 21.9 Å². The summed E-state index contributed by atoms with van der Waals surface area (Å²) in [6.07, 6.45) is 0.368. The van der Waals surface area contributed by atoms with Crippen LogP contribution in [0, 0.1) is 20.8 Å². The Morgan fingerprint density at radius 1 is 1.00 bits per heavy atom. The lowest BCUT2D eigenvalue weighted by Crippen LogP contribution is -2.31. The van der Waals surface area contributed by atoms with Gasteiger partial charge in [0, 0.05) is 17.8 Å². The predicted molar refractivity (Wildman–Crippen MR) is 121 cm³/mol. The van der Waals surface area contributed by atoms with E-state index in [2.05, 4.69) is 4.72 Å². The lowest BCUT2D eigenvalue weighted by molar-refractivity contribution is -0.144. The third kappa shape index (κ3) is 4.91. The Morgan fingerprint density at radius 2 is 1.62 bits per heavy atom. The summed E-state index contributed by atoms with van der Waals surface area (Å²) < 4.78 is 34.1. The number of methoxy groups -OCH3 is 1. The van der Waals surface area contributed by atoms with Crippen molar-refractivity contribution in [3.63, 3.8) is 0 Å². The standard InChI is InChI=1S/C24H26N2O5S/c1-16-10-12-20(13-11-16)32(29,30)25-23(27)21-14-17(2)26(18(21)3)22(24(28)31-4)15-19-8-6-5-7-9-19/h5-14,22H,15H2,1-4H3,(H,25,27). The van der Waals surface area contributed by atoms with Crippen LogP contribution in [0.25, 0.3) is 0 Å². The van der Waals surface area contributed by atoms with Crippen molar-refractivity contribution < 1.29 is 22.7 Å². The van der Waals surface area contributed by atoms with Crippen molar-refractivity contribution in [3.05, 3.63) is 88.7 Å². The second-order valence-corrected chi connectivity index (χ2v) is 9.31. The zero-order valence-electron chi connectivity index (χ0n) is 18.5. The number of hydrogen-bond donors (Lipinski definition) is 1. The number of aromatic nitrogens is 1. The molecule has 8 heteroatoms. The Hall–Kier alpha value is -3.39. The molecule has 0 aliphatic carbocycles. The molecule has 1 aromatic heterocycles. The first-order valence-corrected chi connectivity index (χ1v) is 11.6. The molecule has 1 heterocycles. The highest BCUT2D eigenvalue weighted by molar-refractivity contribution is 7.90. The van der Waals surface area contributed by atoms with E-state index >= 15 is 0 Å². The van der Waals surface area contributed by atoms with E-state index in [0.29, 0.717) is 17.8 Å². The highest BCUT2D eigenvalue weighted by atomic mass is 32.2. The number of carbonyl (C=O) groups is 2. The van der Waals surface area contributed by atoms with Gasteiger partial charge >= 0.3 is 5.97 Å². The molecule has 0 aliphatic rings. The van der Waals surface area contributed by atoms with Gasteiger partial charge in [-0.25, -0.2) is 17.9 Å². The minimum absolute atomic E-state index is 0.00164. The van der Waals surface area contributed by atoms with Gasteiger partial charge in [0.05, 0.1) is 17.6 Å². The summed E-state index contributed by atoms with van der Waals surface area (Å²) >= 11 is 0. The molecule has 1 atom stereocenters. The van der Waals surface area contributed by atoms with Gasteiger partial charge in [-0.2, -0.15) is 0 Å². The van der Waals surface area contributed by atoms with E-state index in [4.69, 9.17) is 4.74 Å². The number of sulfonamides is 1. The molecular formula is C24H26N2O5S. The van der Waals surface area contributed by atoms with E-state index in [1.165, 1.54) is 19.2 Å². The number of amides is 1. The van der Waals surface area contributed by atoms with Crippen LogP contribution in [0.2, 0.25) is 0 Å². The van der Waals surface area contributed by atoms with Crippen LogP contribution in [0.4, 0.5) is 0 Å². The third-order valence-electron chi connectivity index (χ3n) is 5.34. The van der Waals surface area contributed by atoms with Gasteiger partial charge in [-0.15, -0.1) is 0 Å². The second kappa shape index (κ2) is 9.40. The Labute approximate surface area is 188 Å². The van der Waals surface area contributed by atoms with E-state index < -0.39 is 27.9 Å². The molecule has 0 spiro atoms. The fourth-order valence-electron chi connectivity index (χ4n) is 3.69. The van der Waals surface area contributed by atoms with Gasteiger partial charge in [-0.3, -0.25) is 4.79 Å². The van der Waals surface area contributed by atoms with E-state index in [0.717, 1.165) is 11.1 Å². The number of ether oxygens (including phenoxy) is 1. The van der Waals surface area contributed by atoms with Crippen molar-refractivity contribution in [1.29, 1.82) is 0 Å². The number of benzene rings is 2. The number of nitrogens with one attached hydrogen (secondary N) is 1. The van der Waals surface area contributed by atoms with Crippen LogP contribution < -0.4 is 4.72 Å². The van der Waals surface area contributed by atoms with E-state index in [1.807, 2.05) is 37.3 Å². The van der Waals surface area contributed by atoms with Crippen molar-refractivity contribution in [3.8, 4) is 0 Å². The number of esters is 1.